The second-order valence-corrected chi connectivity index (χ2v) is 4.83. The van der Waals surface area contributed by atoms with Crippen LogP contribution in [0.5, 0.6) is 5.75 Å². The molecule has 4 N–H and O–H groups in total. The summed E-state index contributed by atoms with van der Waals surface area (Å²) in [6, 6.07) is 5.01. The maximum absolute atomic E-state index is 11.9. The molecule has 0 spiro atoms. The van der Waals surface area contributed by atoms with E-state index in [1.807, 2.05) is 0 Å². The molecule has 0 radical (unpaired) electrons. The van der Waals surface area contributed by atoms with E-state index in [0.29, 0.717) is 49.6 Å². The number of amides is 3. The van der Waals surface area contributed by atoms with Gasteiger partial charge >= 0.3 is 6.03 Å². The third kappa shape index (κ3) is 4.01. The third-order valence-corrected chi connectivity index (χ3v) is 3.27. The number of anilines is 2. The molecule has 7 heteroatoms. The fraction of sp³-hybridized carbons (Fsp3) is 0.429. The van der Waals surface area contributed by atoms with E-state index in [2.05, 4.69) is 10.6 Å². The van der Waals surface area contributed by atoms with Crippen LogP contribution in [0.1, 0.15) is 12.8 Å². The molecule has 0 bridgehead atoms. The number of hydrogen-bond donors (Lipinski definition) is 3. The van der Waals surface area contributed by atoms with Crippen molar-refractivity contribution in [2.24, 2.45) is 0 Å². The van der Waals surface area contributed by atoms with Gasteiger partial charge in [-0.1, -0.05) is 0 Å². The van der Waals surface area contributed by atoms with E-state index in [9.17, 15) is 9.59 Å². The highest BCUT2D eigenvalue weighted by Gasteiger charge is 2.18. The predicted octanol–water partition coefficient (Wildman–Crippen LogP) is 1.02. The van der Waals surface area contributed by atoms with E-state index in [0.717, 1.165) is 0 Å². The smallest absolute Gasteiger partial charge is 0.317 e. The Bertz CT molecular complexity index is 533. The van der Waals surface area contributed by atoms with Gasteiger partial charge in [0.15, 0.2) is 0 Å². The molecule has 1 aliphatic heterocycles. The summed E-state index contributed by atoms with van der Waals surface area (Å²) in [5, 5.41) is 5.50. The summed E-state index contributed by atoms with van der Waals surface area (Å²) in [6.07, 6.45) is 0.950. The SMILES string of the molecule is COc1ccc(N)cc1NC(=O)CCCN1CCNC1=O. The second kappa shape index (κ2) is 6.83. The van der Waals surface area contributed by atoms with E-state index in [4.69, 9.17) is 10.5 Å². The Balaban J connectivity index is 1.81. The molecule has 21 heavy (non-hydrogen) atoms. The lowest BCUT2D eigenvalue weighted by Gasteiger charge is -2.14. The number of nitrogens with zero attached hydrogens (tertiary/aromatic N) is 1. The number of nitrogens with two attached hydrogens (primary N) is 1. The summed E-state index contributed by atoms with van der Waals surface area (Å²) < 4.78 is 5.17. The molecule has 0 atom stereocenters. The van der Waals surface area contributed by atoms with Crippen molar-refractivity contribution in [2.45, 2.75) is 12.8 Å². The van der Waals surface area contributed by atoms with Crippen molar-refractivity contribution in [1.29, 1.82) is 0 Å². The van der Waals surface area contributed by atoms with Crippen molar-refractivity contribution in [1.82, 2.24) is 10.2 Å². The number of methoxy groups -OCH3 is 1. The monoisotopic (exact) mass is 292 g/mol. The van der Waals surface area contributed by atoms with Crippen LogP contribution >= 0.6 is 0 Å². The van der Waals surface area contributed by atoms with Gasteiger partial charge in [0.2, 0.25) is 5.91 Å². The first-order valence-corrected chi connectivity index (χ1v) is 6.86. The molecule has 1 aliphatic rings. The van der Waals surface area contributed by atoms with E-state index in [-0.39, 0.29) is 11.9 Å². The zero-order valence-corrected chi connectivity index (χ0v) is 12.0. The van der Waals surface area contributed by atoms with Crippen molar-refractivity contribution in [3.63, 3.8) is 0 Å². The van der Waals surface area contributed by atoms with Gasteiger partial charge in [-0.2, -0.15) is 0 Å². The Kier molecular flexibility index (Phi) is 4.86. The van der Waals surface area contributed by atoms with Crippen LogP contribution in [0.3, 0.4) is 0 Å². The molecule has 3 amide bonds. The molecule has 2 rings (SSSR count). The normalized spacial score (nSPS) is 14.0. The minimum absolute atomic E-state index is 0.0621. The first kappa shape index (κ1) is 15.0. The van der Waals surface area contributed by atoms with Gasteiger partial charge in [-0.15, -0.1) is 0 Å². The van der Waals surface area contributed by atoms with Crippen molar-refractivity contribution < 1.29 is 14.3 Å². The van der Waals surface area contributed by atoms with Gasteiger partial charge in [0.05, 0.1) is 12.8 Å². The van der Waals surface area contributed by atoms with Crippen LogP contribution in [0.25, 0.3) is 0 Å². The topological polar surface area (TPSA) is 96.7 Å². The molecule has 1 heterocycles. The van der Waals surface area contributed by atoms with Crippen molar-refractivity contribution >= 4 is 23.3 Å². The highest BCUT2D eigenvalue weighted by atomic mass is 16.5. The predicted molar refractivity (Wildman–Crippen MR) is 80.2 cm³/mol. The summed E-state index contributed by atoms with van der Waals surface area (Å²) in [5.74, 6) is 0.440. The Morgan fingerprint density at radius 2 is 2.33 bits per heavy atom. The minimum atomic E-state index is -0.126. The Morgan fingerprint density at radius 3 is 3.00 bits per heavy atom. The lowest BCUT2D eigenvalue weighted by molar-refractivity contribution is -0.116. The number of benzene rings is 1. The van der Waals surface area contributed by atoms with Gasteiger partial charge in [0.25, 0.3) is 0 Å². The molecule has 0 unspecified atom stereocenters. The molecule has 1 aromatic carbocycles. The van der Waals surface area contributed by atoms with Crippen LogP contribution in [0, 0.1) is 0 Å². The van der Waals surface area contributed by atoms with Gasteiger partial charge < -0.3 is 26.0 Å². The van der Waals surface area contributed by atoms with Crippen LogP contribution in [0.2, 0.25) is 0 Å². The first-order chi connectivity index (χ1) is 10.1. The number of rotatable bonds is 6. The zero-order chi connectivity index (χ0) is 15.2. The van der Waals surface area contributed by atoms with Crippen LogP contribution in [-0.2, 0) is 4.79 Å². The number of nitrogen functional groups attached to an aromatic ring is 1. The molecule has 7 nitrogen and oxygen atoms in total. The fourth-order valence-corrected chi connectivity index (χ4v) is 2.19. The number of carbonyl (C=O) groups excluding carboxylic acids is 2. The molecule has 0 aliphatic carbocycles. The molecule has 1 fully saturated rings. The van der Waals surface area contributed by atoms with E-state index in [1.54, 1.807) is 23.1 Å². The summed E-state index contributed by atoms with van der Waals surface area (Å²) in [7, 11) is 1.53. The molecule has 114 valence electrons. The lowest BCUT2D eigenvalue weighted by atomic mass is 10.2. The Morgan fingerprint density at radius 1 is 1.52 bits per heavy atom. The highest BCUT2D eigenvalue weighted by Crippen LogP contribution is 2.26. The number of ether oxygens (including phenoxy) is 1. The fourth-order valence-electron chi connectivity index (χ4n) is 2.19. The van der Waals surface area contributed by atoms with Crippen LogP contribution in [0.4, 0.5) is 16.2 Å². The molecular formula is C14H20N4O3. The number of nitrogens with one attached hydrogen (secondary N) is 2. The highest BCUT2D eigenvalue weighted by molar-refractivity contribution is 5.92. The van der Waals surface area contributed by atoms with E-state index < -0.39 is 0 Å². The van der Waals surface area contributed by atoms with Gasteiger partial charge in [-0.05, 0) is 24.6 Å². The van der Waals surface area contributed by atoms with Crippen molar-refractivity contribution in [2.75, 3.05) is 37.8 Å². The second-order valence-electron chi connectivity index (χ2n) is 4.83. The quantitative estimate of drug-likeness (QED) is 0.682. The van der Waals surface area contributed by atoms with E-state index >= 15 is 0 Å². The minimum Gasteiger partial charge on any atom is -0.495 e. The molecular weight excluding hydrogens is 272 g/mol. The summed E-state index contributed by atoms with van der Waals surface area (Å²) in [5.41, 5.74) is 6.81. The van der Waals surface area contributed by atoms with Gasteiger partial charge in [-0.3, -0.25) is 4.79 Å². The first-order valence-electron chi connectivity index (χ1n) is 6.86. The number of hydrogen-bond acceptors (Lipinski definition) is 4. The molecule has 0 aromatic heterocycles. The average molecular weight is 292 g/mol. The summed E-state index contributed by atoms with van der Waals surface area (Å²) >= 11 is 0. The maximum Gasteiger partial charge on any atom is 0.317 e. The summed E-state index contributed by atoms with van der Waals surface area (Å²) in [6.45, 7) is 1.95. The standard InChI is InChI=1S/C14H20N4O3/c1-21-12-5-4-10(15)9-11(12)17-13(19)3-2-7-18-8-6-16-14(18)20/h4-5,9H,2-3,6-8,15H2,1H3,(H,16,20)(H,17,19). The van der Waals surface area contributed by atoms with Crippen molar-refractivity contribution in [3.05, 3.63) is 18.2 Å². The Labute approximate surface area is 123 Å². The molecule has 1 aromatic rings. The van der Waals surface area contributed by atoms with Crippen LogP contribution in [0.15, 0.2) is 18.2 Å². The largest absolute Gasteiger partial charge is 0.495 e. The van der Waals surface area contributed by atoms with Gasteiger partial charge in [0, 0.05) is 31.7 Å². The summed E-state index contributed by atoms with van der Waals surface area (Å²) in [4.78, 5) is 25.0. The molecule has 0 saturated carbocycles. The third-order valence-electron chi connectivity index (χ3n) is 3.27. The number of carbonyl (C=O) groups is 2. The van der Waals surface area contributed by atoms with Crippen molar-refractivity contribution in [3.8, 4) is 5.75 Å². The number of urea groups is 1. The maximum atomic E-state index is 11.9. The van der Waals surface area contributed by atoms with E-state index in [1.165, 1.54) is 7.11 Å². The van der Waals surface area contributed by atoms with Gasteiger partial charge in [-0.25, -0.2) is 4.79 Å². The van der Waals surface area contributed by atoms with Crippen LogP contribution < -0.4 is 21.1 Å². The zero-order valence-electron chi connectivity index (χ0n) is 12.0. The van der Waals surface area contributed by atoms with Gasteiger partial charge in [0.1, 0.15) is 5.75 Å². The molecule has 1 saturated heterocycles. The van der Waals surface area contributed by atoms with Crippen LogP contribution in [-0.4, -0.2) is 43.6 Å². The Hall–Kier alpha value is -2.44. The lowest BCUT2D eigenvalue weighted by Crippen LogP contribution is -2.29. The average Bonchev–Trinajstić information content (AvgIpc) is 2.85.